The molecule has 1 fully saturated rings. The zero-order valence-electron chi connectivity index (χ0n) is 9.17. The second kappa shape index (κ2) is 5.25. The van der Waals surface area contributed by atoms with Gasteiger partial charge in [0.2, 0.25) is 0 Å². The van der Waals surface area contributed by atoms with Gasteiger partial charge in [0.05, 0.1) is 16.5 Å². The lowest BCUT2D eigenvalue weighted by molar-refractivity contribution is -0.143. The molecule has 0 aliphatic carbocycles. The van der Waals surface area contributed by atoms with Crippen LogP contribution < -0.4 is 10.1 Å². The normalized spacial score (nSPS) is 17.1. The summed E-state index contributed by atoms with van der Waals surface area (Å²) in [5.41, 5.74) is -0.743. The van der Waals surface area contributed by atoms with E-state index in [9.17, 15) is 4.79 Å². The molecule has 98 valence electrons. The Labute approximate surface area is 122 Å². The Bertz CT molecular complexity index is 491. The Morgan fingerprint density at radius 3 is 2.61 bits per heavy atom. The quantitative estimate of drug-likeness (QED) is 0.816. The van der Waals surface area contributed by atoms with Gasteiger partial charge in [-0.25, -0.2) is 0 Å². The van der Waals surface area contributed by atoms with Gasteiger partial charge < -0.3 is 15.2 Å². The maximum atomic E-state index is 10.8. The summed E-state index contributed by atoms with van der Waals surface area (Å²) >= 11 is 15.3. The summed E-state index contributed by atoms with van der Waals surface area (Å²) in [6.07, 6.45) is -0.0794. The van der Waals surface area contributed by atoms with E-state index in [1.807, 2.05) is 0 Å². The molecule has 0 aromatic heterocycles. The molecule has 0 spiro atoms. The molecular formula is C11H10BrCl2NO3. The van der Waals surface area contributed by atoms with Crippen LogP contribution in [-0.4, -0.2) is 29.8 Å². The van der Waals surface area contributed by atoms with Crippen LogP contribution in [0.3, 0.4) is 0 Å². The SMILES string of the molecule is O=C(O)CC1(Oc2cc(Cl)c(Br)cc2Cl)CNC1. The highest BCUT2D eigenvalue weighted by atomic mass is 79.9. The topological polar surface area (TPSA) is 58.6 Å². The molecule has 0 unspecified atom stereocenters. The van der Waals surface area contributed by atoms with Crippen molar-refractivity contribution < 1.29 is 14.6 Å². The van der Waals surface area contributed by atoms with Crippen molar-refractivity contribution in [3.05, 3.63) is 26.7 Å². The van der Waals surface area contributed by atoms with Gasteiger partial charge in [-0.15, -0.1) is 0 Å². The lowest BCUT2D eigenvalue weighted by Crippen LogP contribution is -2.64. The molecule has 0 saturated carbocycles. The smallest absolute Gasteiger partial charge is 0.307 e. The Morgan fingerprint density at radius 2 is 2.11 bits per heavy atom. The number of carboxylic acid groups (broad SMARTS) is 1. The summed E-state index contributed by atoms with van der Waals surface area (Å²) in [7, 11) is 0. The fourth-order valence-electron chi connectivity index (χ4n) is 1.73. The van der Waals surface area contributed by atoms with Gasteiger partial charge in [0.1, 0.15) is 11.4 Å². The van der Waals surface area contributed by atoms with Crippen molar-refractivity contribution in [3.63, 3.8) is 0 Å². The highest BCUT2D eigenvalue weighted by molar-refractivity contribution is 9.10. The van der Waals surface area contributed by atoms with E-state index in [1.165, 1.54) is 0 Å². The third kappa shape index (κ3) is 2.91. The second-order valence-electron chi connectivity index (χ2n) is 4.16. The standard InChI is InChI=1S/C11H10BrCl2NO3/c12-6-1-8(14)9(2-7(6)13)18-11(3-10(16)17)4-15-5-11/h1-2,15H,3-5H2,(H,16,17). The lowest BCUT2D eigenvalue weighted by atomic mass is 9.92. The molecule has 0 bridgehead atoms. The molecule has 1 aliphatic heterocycles. The van der Waals surface area contributed by atoms with Crippen molar-refractivity contribution in [1.29, 1.82) is 0 Å². The summed E-state index contributed by atoms with van der Waals surface area (Å²) in [6.45, 7) is 0.951. The van der Waals surface area contributed by atoms with E-state index in [4.69, 9.17) is 33.0 Å². The maximum absolute atomic E-state index is 10.8. The molecule has 0 radical (unpaired) electrons. The zero-order chi connectivity index (χ0) is 13.3. The molecule has 1 aliphatic rings. The van der Waals surface area contributed by atoms with Crippen LogP contribution in [0.15, 0.2) is 16.6 Å². The predicted molar refractivity (Wildman–Crippen MR) is 72.6 cm³/mol. The molecule has 1 saturated heterocycles. The van der Waals surface area contributed by atoms with Crippen LogP contribution in [0.5, 0.6) is 5.75 Å². The summed E-state index contributed by atoms with van der Waals surface area (Å²) in [4.78, 5) is 10.8. The second-order valence-corrected chi connectivity index (χ2v) is 5.82. The molecule has 4 nitrogen and oxygen atoms in total. The van der Waals surface area contributed by atoms with E-state index in [-0.39, 0.29) is 6.42 Å². The summed E-state index contributed by atoms with van der Waals surface area (Å²) in [5, 5.41) is 12.7. The number of rotatable bonds is 4. The lowest BCUT2D eigenvalue weighted by Gasteiger charge is -2.41. The number of nitrogens with one attached hydrogen (secondary N) is 1. The van der Waals surface area contributed by atoms with Gasteiger partial charge in [-0.2, -0.15) is 0 Å². The first-order valence-corrected chi connectivity index (χ1v) is 6.73. The van der Waals surface area contributed by atoms with Crippen LogP contribution in [0.25, 0.3) is 0 Å². The minimum atomic E-state index is -0.907. The third-order valence-corrected chi connectivity index (χ3v) is 4.16. The van der Waals surface area contributed by atoms with Gasteiger partial charge in [-0.1, -0.05) is 23.2 Å². The molecule has 1 heterocycles. The van der Waals surface area contributed by atoms with Crippen LogP contribution in [0.4, 0.5) is 0 Å². The monoisotopic (exact) mass is 353 g/mol. The fourth-order valence-corrected chi connectivity index (χ4v) is 2.56. The van der Waals surface area contributed by atoms with Gasteiger partial charge >= 0.3 is 5.97 Å². The van der Waals surface area contributed by atoms with E-state index in [0.717, 1.165) is 0 Å². The molecular weight excluding hydrogens is 345 g/mol. The molecule has 2 rings (SSSR count). The first-order valence-electron chi connectivity index (χ1n) is 5.18. The highest BCUT2D eigenvalue weighted by Gasteiger charge is 2.42. The first kappa shape index (κ1) is 13.9. The van der Waals surface area contributed by atoms with Gasteiger partial charge in [-0.05, 0) is 22.0 Å². The summed E-state index contributed by atoms with van der Waals surface area (Å²) in [6, 6.07) is 3.20. The van der Waals surface area contributed by atoms with Crippen LogP contribution in [0.2, 0.25) is 10.0 Å². The zero-order valence-corrected chi connectivity index (χ0v) is 12.3. The summed E-state index contributed by atoms with van der Waals surface area (Å²) < 4.78 is 6.40. The molecule has 1 aromatic carbocycles. The Balaban J connectivity index is 2.22. The number of carbonyl (C=O) groups is 1. The number of benzene rings is 1. The molecule has 18 heavy (non-hydrogen) atoms. The Hall–Kier alpha value is -0.490. The predicted octanol–water partition coefficient (Wildman–Crippen LogP) is 2.95. The molecule has 0 atom stereocenters. The van der Waals surface area contributed by atoms with Crippen molar-refractivity contribution in [2.45, 2.75) is 12.0 Å². The van der Waals surface area contributed by atoms with Crippen LogP contribution in [-0.2, 0) is 4.79 Å². The van der Waals surface area contributed by atoms with E-state index in [1.54, 1.807) is 12.1 Å². The van der Waals surface area contributed by atoms with Crippen molar-refractivity contribution in [2.24, 2.45) is 0 Å². The van der Waals surface area contributed by atoms with Gasteiger partial charge in [0.25, 0.3) is 0 Å². The number of aliphatic carboxylic acids is 1. The maximum Gasteiger partial charge on any atom is 0.307 e. The largest absolute Gasteiger partial charge is 0.482 e. The van der Waals surface area contributed by atoms with Gasteiger partial charge in [0.15, 0.2) is 0 Å². The van der Waals surface area contributed by atoms with Gasteiger partial charge in [-0.3, -0.25) is 4.79 Å². The minimum Gasteiger partial charge on any atom is -0.482 e. The third-order valence-electron chi connectivity index (χ3n) is 2.67. The fraction of sp³-hybridized carbons (Fsp3) is 0.364. The first-order chi connectivity index (χ1) is 8.42. The Morgan fingerprint density at radius 1 is 1.44 bits per heavy atom. The molecule has 7 heteroatoms. The number of ether oxygens (including phenoxy) is 1. The average Bonchev–Trinajstić information content (AvgIpc) is 2.22. The number of hydrogen-bond acceptors (Lipinski definition) is 3. The number of hydrogen-bond donors (Lipinski definition) is 2. The van der Waals surface area contributed by atoms with Crippen molar-refractivity contribution in [1.82, 2.24) is 5.32 Å². The molecule has 0 amide bonds. The average molecular weight is 355 g/mol. The van der Waals surface area contributed by atoms with Gasteiger partial charge in [0, 0.05) is 23.6 Å². The van der Waals surface area contributed by atoms with Crippen molar-refractivity contribution >= 4 is 45.1 Å². The van der Waals surface area contributed by atoms with Crippen LogP contribution in [0.1, 0.15) is 6.42 Å². The summed E-state index contributed by atoms with van der Waals surface area (Å²) in [5.74, 6) is -0.511. The van der Waals surface area contributed by atoms with E-state index < -0.39 is 11.6 Å². The highest BCUT2D eigenvalue weighted by Crippen LogP contribution is 2.37. The van der Waals surface area contributed by atoms with E-state index >= 15 is 0 Å². The minimum absolute atomic E-state index is 0.0794. The van der Waals surface area contributed by atoms with Crippen molar-refractivity contribution in [2.75, 3.05) is 13.1 Å². The van der Waals surface area contributed by atoms with Crippen LogP contribution >= 0.6 is 39.1 Å². The van der Waals surface area contributed by atoms with Crippen molar-refractivity contribution in [3.8, 4) is 5.75 Å². The van der Waals surface area contributed by atoms with Crippen LogP contribution in [0, 0.1) is 0 Å². The number of halogens is 3. The number of carboxylic acids is 1. The molecule has 2 N–H and O–H groups in total. The van der Waals surface area contributed by atoms with E-state index in [0.29, 0.717) is 33.4 Å². The Kier molecular flexibility index (Phi) is 4.06. The van der Waals surface area contributed by atoms with E-state index in [2.05, 4.69) is 21.2 Å². The molecule has 1 aromatic rings.